The van der Waals surface area contributed by atoms with Gasteiger partial charge in [-0.3, -0.25) is 19.9 Å². The molecule has 0 fully saturated rings. The van der Waals surface area contributed by atoms with E-state index in [9.17, 15) is 14.9 Å². The summed E-state index contributed by atoms with van der Waals surface area (Å²) in [6.45, 7) is 0.243. The summed E-state index contributed by atoms with van der Waals surface area (Å²) in [7, 11) is 1.59. The summed E-state index contributed by atoms with van der Waals surface area (Å²) >= 11 is 0. The molecule has 0 unspecified atom stereocenters. The van der Waals surface area contributed by atoms with Crippen LogP contribution in [0.4, 0.5) is 5.69 Å². The van der Waals surface area contributed by atoms with Gasteiger partial charge >= 0.3 is 0 Å². The van der Waals surface area contributed by atoms with Gasteiger partial charge in [0.1, 0.15) is 12.4 Å². The molecule has 6 nitrogen and oxygen atoms in total. The summed E-state index contributed by atoms with van der Waals surface area (Å²) in [5.74, 6) is 0.168. The topological polar surface area (TPSA) is 81.8 Å². The Kier molecular flexibility index (Phi) is 2.86. The van der Waals surface area contributed by atoms with Crippen molar-refractivity contribution in [2.75, 3.05) is 13.7 Å². The number of carbonyl (C=O) groups is 1. The van der Waals surface area contributed by atoms with Gasteiger partial charge in [0.2, 0.25) is 0 Å². The van der Waals surface area contributed by atoms with E-state index in [4.69, 9.17) is 4.74 Å². The molecule has 1 aromatic rings. The first-order valence-corrected chi connectivity index (χ1v) is 5.01. The molecule has 1 aromatic carbocycles. The van der Waals surface area contributed by atoms with E-state index in [1.165, 1.54) is 18.2 Å². The van der Waals surface area contributed by atoms with Crippen LogP contribution >= 0.6 is 0 Å². The van der Waals surface area contributed by atoms with Crippen LogP contribution in [0.1, 0.15) is 16.8 Å². The number of Topliss-reactive ketones (excluding diaryl/α,β-unsaturated/α-hetero) is 1. The number of nitro benzene ring substituents is 1. The van der Waals surface area contributed by atoms with Crippen molar-refractivity contribution in [1.29, 1.82) is 0 Å². The monoisotopic (exact) mass is 234 g/mol. The molecule has 0 spiro atoms. The van der Waals surface area contributed by atoms with Gasteiger partial charge in [-0.05, 0) is 6.07 Å². The maximum absolute atomic E-state index is 11.9. The third kappa shape index (κ3) is 2.15. The normalized spacial score (nSPS) is 17.2. The van der Waals surface area contributed by atoms with E-state index in [1.807, 2.05) is 0 Å². The molecule has 0 amide bonds. The molecule has 88 valence electrons. The fourth-order valence-corrected chi connectivity index (χ4v) is 1.61. The fourth-order valence-electron chi connectivity index (χ4n) is 1.61. The Balaban J connectivity index is 2.45. The number of rotatable bonds is 1. The number of ketones is 1. The predicted molar refractivity (Wildman–Crippen MR) is 60.9 cm³/mol. The summed E-state index contributed by atoms with van der Waals surface area (Å²) in [5.41, 5.74) is 0.768. The Morgan fingerprint density at radius 3 is 2.88 bits per heavy atom. The molecule has 1 aliphatic rings. The molecule has 0 saturated heterocycles. The Bertz CT molecular complexity index is 522. The number of benzene rings is 1. The second kappa shape index (κ2) is 4.32. The van der Waals surface area contributed by atoms with Crippen molar-refractivity contribution in [3.05, 3.63) is 33.9 Å². The molecular formula is C11H10N2O4. The highest BCUT2D eigenvalue weighted by Gasteiger charge is 2.22. The lowest BCUT2D eigenvalue weighted by Crippen LogP contribution is -2.11. The van der Waals surface area contributed by atoms with Gasteiger partial charge in [0.25, 0.3) is 5.69 Å². The minimum absolute atomic E-state index is 0.113. The van der Waals surface area contributed by atoms with E-state index in [2.05, 4.69) is 4.99 Å². The number of aliphatic imine (C=N–C) groups is 1. The molecular weight excluding hydrogens is 224 g/mol. The summed E-state index contributed by atoms with van der Waals surface area (Å²) in [6.07, 6.45) is 0.144. The SMILES string of the molecule is CN=C1COc2ccc([N+](=O)[O-])cc2C(=O)C1. The highest BCUT2D eigenvalue weighted by molar-refractivity contribution is 6.12. The summed E-state index contributed by atoms with van der Waals surface area (Å²) in [6, 6.07) is 4.01. The number of fused-ring (bicyclic) bond motifs is 1. The van der Waals surface area contributed by atoms with E-state index in [-0.39, 0.29) is 30.1 Å². The number of non-ortho nitro benzene ring substituents is 1. The maximum atomic E-state index is 11.9. The van der Waals surface area contributed by atoms with Gasteiger partial charge in [0, 0.05) is 19.2 Å². The Morgan fingerprint density at radius 1 is 1.47 bits per heavy atom. The second-order valence-corrected chi connectivity index (χ2v) is 3.62. The van der Waals surface area contributed by atoms with Crippen LogP contribution < -0.4 is 4.74 Å². The van der Waals surface area contributed by atoms with Gasteiger partial charge in [0.05, 0.1) is 22.6 Å². The molecule has 0 atom stereocenters. The smallest absolute Gasteiger partial charge is 0.270 e. The first-order chi connectivity index (χ1) is 8.11. The van der Waals surface area contributed by atoms with Crippen LogP contribution in [0.5, 0.6) is 5.75 Å². The standard InChI is InChI=1S/C11H10N2O4/c1-12-7-4-10(14)9-5-8(13(15)16)2-3-11(9)17-6-7/h2-3,5H,4,6H2,1H3. The third-order valence-corrected chi connectivity index (χ3v) is 2.55. The van der Waals surface area contributed by atoms with Crippen molar-refractivity contribution < 1.29 is 14.5 Å². The van der Waals surface area contributed by atoms with Crippen LogP contribution in [0.15, 0.2) is 23.2 Å². The lowest BCUT2D eigenvalue weighted by atomic mass is 10.1. The second-order valence-electron chi connectivity index (χ2n) is 3.62. The number of nitro groups is 1. The Hall–Kier alpha value is -2.24. The van der Waals surface area contributed by atoms with Crippen molar-refractivity contribution in [1.82, 2.24) is 0 Å². The summed E-state index contributed by atoms with van der Waals surface area (Å²) in [4.78, 5) is 25.9. The number of ether oxygens (including phenoxy) is 1. The van der Waals surface area contributed by atoms with E-state index >= 15 is 0 Å². The van der Waals surface area contributed by atoms with Crippen molar-refractivity contribution in [2.45, 2.75) is 6.42 Å². The largest absolute Gasteiger partial charge is 0.487 e. The van der Waals surface area contributed by atoms with E-state index in [1.54, 1.807) is 7.05 Å². The van der Waals surface area contributed by atoms with Gasteiger partial charge in [-0.25, -0.2) is 0 Å². The quantitative estimate of drug-likeness (QED) is 0.546. The van der Waals surface area contributed by atoms with Crippen molar-refractivity contribution >= 4 is 17.2 Å². The zero-order valence-electron chi connectivity index (χ0n) is 9.17. The maximum Gasteiger partial charge on any atom is 0.270 e. The number of hydrogen-bond acceptors (Lipinski definition) is 5. The third-order valence-electron chi connectivity index (χ3n) is 2.55. The lowest BCUT2D eigenvalue weighted by molar-refractivity contribution is -0.384. The average molecular weight is 234 g/mol. The Morgan fingerprint density at radius 2 is 2.24 bits per heavy atom. The number of carbonyl (C=O) groups excluding carboxylic acids is 1. The zero-order chi connectivity index (χ0) is 12.4. The predicted octanol–water partition coefficient (Wildman–Crippen LogP) is 1.63. The molecule has 0 saturated carbocycles. The Labute approximate surface area is 97.1 Å². The van der Waals surface area contributed by atoms with Gasteiger partial charge < -0.3 is 4.74 Å². The van der Waals surface area contributed by atoms with Crippen LogP contribution in [0.2, 0.25) is 0 Å². The molecule has 0 radical (unpaired) electrons. The van der Waals surface area contributed by atoms with Crippen LogP contribution in [-0.4, -0.2) is 30.1 Å². The van der Waals surface area contributed by atoms with E-state index in [0.29, 0.717) is 11.5 Å². The molecule has 1 aliphatic heterocycles. The molecule has 0 aromatic heterocycles. The van der Waals surface area contributed by atoms with Gasteiger partial charge in [-0.1, -0.05) is 0 Å². The molecule has 17 heavy (non-hydrogen) atoms. The van der Waals surface area contributed by atoms with Crippen LogP contribution in [0, 0.1) is 10.1 Å². The van der Waals surface area contributed by atoms with Crippen molar-refractivity contribution in [3.63, 3.8) is 0 Å². The minimum Gasteiger partial charge on any atom is -0.487 e. The number of hydrogen-bond donors (Lipinski definition) is 0. The van der Waals surface area contributed by atoms with Crippen molar-refractivity contribution in [2.24, 2.45) is 4.99 Å². The van der Waals surface area contributed by atoms with Gasteiger partial charge in [-0.15, -0.1) is 0 Å². The van der Waals surface area contributed by atoms with E-state index in [0.717, 1.165) is 0 Å². The summed E-state index contributed by atoms with van der Waals surface area (Å²) < 4.78 is 5.38. The molecule has 0 N–H and O–H groups in total. The highest BCUT2D eigenvalue weighted by Crippen LogP contribution is 2.27. The molecule has 1 heterocycles. The first kappa shape index (κ1) is 11.3. The van der Waals surface area contributed by atoms with Crippen molar-refractivity contribution in [3.8, 4) is 5.75 Å². The average Bonchev–Trinajstić information content (AvgIpc) is 2.48. The number of nitrogens with zero attached hydrogens (tertiary/aromatic N) is 2. The lowest BCUT2D eigenvalue weighted by Gasteiger charge is -2.04. The van der Waals surface area contributed by atoms with E-state index < -0.39 is 4.92 Å². The van der Waals surface area contributed by atoms with Gasteiger partial charge in [-0.2, -0.15) is 0 Å². The molecule has 2 rings (SSSR count). The zero-order valence-corrected chi connectivity index (χ0v) is 9.17. The van der Waals surface area contributed by atoms with Crippen LogP contribution in [-0.2, 0) is 0 Å². The van der Waals surface area contributed by atoms with Crippen LogP contribution in [0.25, 0.3) is 0 Å². The molecule has 6 heteroatoms. The van der Waals surface area contributed by atoms with Crippen LogP contribution in [0.3, 0.4) is 0 Å². The minimum atomic E-state index is -0.534. The van der Waals surface area contributed by atoms with Gasteiger partial charge in [0.15, 0.2) is 5.78 Å². The first-order valence-electron chi connectivity index (χ1n) is 5.01. The molecule has 0 aliphatic carbocycles. The highest BCUT2D eigenvalue weighted by atomic mass is 16.6. The summed E-state index contributed by atoms with van der Waals surface area (Å²) in [5, 5.41) is 10.6. The molecule has 0 bridgehead atoms. The fraction of sp³-hybridized carbons (Fsp3) is 0.273.